The van der Waals surface area contributed by atoms with E-state index in [1.807, 2.05) is 25.1 Å². The maximum atomic E-state index is 11.9. The largest absolute Gasteiger partial charge is 0.398 e. The molecule has 1 aromatic rings. The summed E-state index contributed by atoms with van der Waals surface area (Å²) in [6.45, 7) is 1.93. The topological polar surface area (TPSA) is 55.1 Å². The molecule has 0 heterocycles. The molecule has 17 heavy (non-hydrogen) atoms. The lowest BCUT2D eigenvalue weighted by Crippen LogP contribution is -2.20. The Balaban J connectivity index is 0.00000144. The van der Waals surface area contributed by atoms with Crippen molar-refractivity contribution >= 4 is 29.7 Å². The van der Waals surface area contributed by atoms with E-state index in [4.69, 9.17) is 5.73 Å². The molecule has 0 spiro atoms. The Hall–Kier alpha value is -1.22. The summed E-state index contributed by atoms with van der Waals surface area (Å²) in [5, 5.41) is 2.97. The zero-order valence-electron chi connectivity index (χ0n) is 10.0. The molecule has 1 aliphatic rings. The van der Waals surface area contributed by atoms with Gasteiger partial charge in [0.15, 0.2) is 0 Å². The van der Waals surface area contributed by atoms with Crippen molar-refractivity contribution in [3.63, 3.8) is 0 Å². The summed E-state index contributed by atoms with van der Waals surface area (Å²) >= 11 is 0. The Kier molecular flexibility index (Phi) is 4.82. The van der Waals surface area contributed by atoms with E-state index in [1.54, 1.807) is 0 Å². The quantitative estimate of drug-likeness (QED) is 0.797. The van der Waals surface area contributed by atoms with Gasteiger partial charge in [-0.1, -0.05) is 18.9 Å². The van der Waals surface area contributed by atoms with Gasteiger partial charge in [-0.3, -0.25) is 4.79 Å². The van der Waals surface area contributed by atoms with Crippen LogP contribution in [0, 0.1) is 12.8 Å². The van der Waals surface area contributed by atoms with Crippen LogP contribution in [0.3, 0.4) is 0 Å². The number of carbonyl (C=O) groups excluding carboxylic acids is 1. The highest BCUT2D eigenvalue weighted by Crippen LogP contribution is 2.27. The molecule has 0 atom stereocenters. The second-order valence-corrected chi connectivity index (χ2v) is 4.49. The predicted octanol–water partition coefficient (Wildman–Crippen LogP) is 3.13. The van der Waals surface area contributed by atoms with Crippen LogP contribution in [0.15, 0.2) is 18.2 Å². The molecule has 1 amide bonds. The Morgan fingerprint density at radius 1 is 1.35 bits per heavy atom. The first-order valence-corrected chi connectivity index (χ1v) is 5.84. The maximum absolute atomic E-state index is 11.9. The molecule has 0 unspecified atom stereocenters. The monoisotopic (exact) mass is 254 g/mol. The van der Waals surface area contributed by atoms with Crippen LogP contribution in [-0.2, 0) is 4.79 Å². The average molecular weight is 255 g/mol. The fourth-order valence-electron chi connectivity index (χ4n) is 2.21. The Morgan fingerprint density at radius 2 is 2.00 bits per heavy atom. The van der Waals surface area contributed by atoms with Crippen molar-refractivity contribution in [1.29, 1.82) is 0 Å². The number of nitrogen functional groups attached to an aromatic ring is 1. The third kappa shape index (κ3) is 3.13. The van der Waals surface area contributed by atoms with Crippen molar-refractivity contribution in [2.45, 2.75) is 32.6 Å². The molecule has 2 rings (SSSR count). The van der Waals surface area contributed by atoms with E-state index in [2.05, 4.69) is 5.32 Å². The lowest BCUT2D eigenvalue weighted by Gasteiger charge is -2.13. The van der Waals surface area contributed by atoms with Crippen LogP contribution in [0.4, 0.5) is 11.4 Å². The normalized spacial score (nSPS) is 15.4. The number of nitrogens with two attached hydrogens (primary N) is 1. The highest BCUT2D eigenvalue weighted by molar-refractivity contribution is 5.94. The van der Waals surface area contributed by atoms with Gasteiger partial charge in [0, 0.05) is 17.3 Å². The predicted molar refractivity (Wildman–Crippen MR) is 73.4 cm³/mol. The van der Waals surface area contributed by atoms with Crippen LogP contribution >= 0.6 is 12.4 Å². The summed E-state index contributed by atoms with van der Waals surface area (Å²) < 4.78 is 0. The number of carbonyl (C=O) groups is 1. The summed E-state index contributed by atoms with van der Waals surface area (Å²) in [5.74, 6) is 0.340. The highest BCUT2D eigenvalue weighted by Gasteiger charge is 2.22. The first kappa shape index (κ1) is 13.8. The van der Waals surface area contributed by atoms with Crippen molar-refractivity contribution in [2.24, 2.45) is 5.92 Å². The molecule has 1 aromatic carbocycles. The molecule has 3 nitrogen and oxygen atoms in total. The van der Waals surface area contributed by atoms with Gasteiger partial charge in [0.1, 0.15) is 0 Å². The molecule has 0 aromatic heterocycles. The second kappa shape index (κ2) is 5.92. The van der Waals surface area contributed by atoms with Crippen LogP contribution in [0.25, 0.3) is 0 Å². The van der Waals surface area contributed by atoms with Crippen LogP contribution in [0.2, 0.25) is 0 Å². The number of hydrogen-bond acceptors (Lipinski definition) is 2. The summed E-state index contributed by atoms with van der Waals surface area (Å²) in [5.41, 5.74) is 8.32. The fourth-order valence-corrected chi connectivity index (χ4v) is 2.21. The minimum atomic E-state index is 0. The summed E-state index contributed by atoms with van der Waals surface area (Å²) in [7, 11) is 0. The van der Waals surface area contributed by atoms with E-state index in [0.717, 1.165) is 29.8 Å². The molecule has 94 valence electrons. The van der Waals surface area contributed by atoms with Gasteiger partial charge >= 0.3 is 0 Å². The van der Waals surface area contributed by atoms with Gasteiger partial charge in [0.25, 0.3) is 0 Å². The maximum Gasteiger partial charge on any atom is 0.227 e. The molecule has 1 fully saturated rings. The molecule has 0 radical (unpaired) electrons. The Morgan fingerprint density at radius 3 is 2.65 bits per heavy atom. The van der Waals surface area contributed by atoms with Gasteiger partial charge in [-0.25, -0.2) is 0 Å². The van der Waals surface area contributed by atoms with Gasteiger partial charge in [0.05, 0.1) is 0 Å². The third-order valence-electron chi connectivity index (χ3n) is 3.36. The lowest BCUT2D eigenvalue weighted by molar-refractivity contribution is -0.119. The number of halogens is 1. The van der Waals surface area contributed by atoms with Crippen molar-refractivity contribution in [3.8, 4) is 0 Å². The van der Waals surface area contributed by atoms with Gasteiger partial charge in [-0.15, -0.1) is 12.4 Å². The standard InChI is InChI=1S/C13H18N2O.ClH/c1-9-11(14)7-4-8-12(9)15-13(16)10-5-2-3-6-10;/h4,7-8,10H,2-3,5-6,14H2,1H3,(H,15,16);1H. The van der Waals surface area contributed by atoms with Crippen molar-refractivity contribution in [1.82, 2.24) is 0 Å². The van der Waals surface area contributed by atoms with Gasteiger partial charge in [0.2, 0.25) is 5.91 Å². The first-order valence-electron chi connectivity index (χ1n) is 5.84. The summed E-state index contributed by atoms with van der Waals surface area (Å²) in [6.07, 6.45) is 4.39. The number of amides is 1. The molecule has 1 saturated carbocycles. The first-order chi connectivity index (χ1) is 7.68. The van der Waals surface area contributed by atoms with Gasteiger partial charge in [-0.05, 0) is 37.5 Å². The van der Waals surface area contributed by atoms with Crippen LogP contribution < -0.4 is 11.1 Å². The highest BCUT2D eigenvalue weighted by atomic mass is 35.5. The van der Waals surface area contributed by atoms with E-state index in [9.17, 15) is 4.79 Å². The van der Waals surface area contributed by atoms with Crippen LogP contribution in [0.1, 0.15) is 31.2 Å². The van der Waals surface area contributed by atoms with Gasteiger partial charge in [-0.2, -0.15) is 0 Å². The zero-order chi connectivity index (χ0) is 11.5. The smallest absolute Gasteiger partial charge is 0.227 e. The Labute approximate surface area is 108 Å². The lowest BCUT2D eigenvalue weighted by atomic mass is 10.1. The number of benzene rings is 1. The third-order valence-corrected chi connectivity index (χ3v) is 3.36. The van der Waals surface area contributed by atoms with E-state index in [1.165, 1.54) is 12.8 Å². The number of hydrogen-bond donors (Lipinski definition) is 2. The van der Waals surface area contributed by atoms with E-state index in [-0.39, 0.29) is 24.2 Å². The summed E-state index contributed by atoms with van der Waals surface area (Å²) in [6, 6.07) is 5.62. The van der Waals surface area contributed by atoms with Crippen LogP contribution in [-0.4, -0.2) is 5.91 Å². The average Bonchev–Trinajstić information content (AvgIpc) is 2.78. The second-order valence-electron chi connectivity index (χ2n) is 4.49. The SMILES string of the molecule is Cc1c(N)cccc1NC(=O)C1CCCC1.Cl. The minimum Gasteiger partial charge on any atom is -0.398 e. The molecule has 0 aliphatic heterocycles. The van der Waals surface area contributed by atoms with E-state index >= 15 is 0 Å². The van der Waals surface area contributed by atoms with E-state index in [0.29, 0.717) is 0 Å². The van der Waals surface area contributed by atoms with Crippen LogP contribution in [0.5, 0.6) is 0 Å². The number of nitrogens with one attached hydrogen (secondary N) is 1. The molecule has 4 heteroatoms. The molecular formula is C13H19ClN2O. The molecular weight excluding hydrogens is 236 g/mol. The zero-order valence-corrected chi connectivity index (χ0v) is 10.8. The molecule has 0 bridgehead atoms. The Bertz CT molecular complexity index is 400. The number of anilines is 2. The molecule has 1 aliphatic carbocycles. The van der Waals surface area contributed by atoms with Crippen molar-refractivity contribution < 1.29 is 4.79 Å². The fraction of sp³-hybridized carbons (Fsp3) is 0.462. The minimum absolute atomic E-state index is 0. The van der Waals surface area contributed by atoms with E-state index < -0.39 is 0 Å². The van der Waals surface area contributed by atoms with Crippen molar-refractivity contribution in [3.05, 3.63) is 23.8 Å². The van der Waals surface area contributed by atoms with Crippen molar-refractivity contribution in [2.75, 3.05) is 11.1 Å². The summed E-state index contributed by atoms with van der Waals surface area (Å²) in [4.78, 5) is 11.9. The molecule has 3 N–H and O–H groups in total. The number of rotatable bonds is 2. The van der Waals surface area contributed by atoms with Gasteiger partial charge < -0.3 is 11.1 Å². The molecule has 0 saturated heterocycles.